The average Bonchev–Trinajstić information content (AvgIpc) is 2.95. The minimum absolute atomic E-state index is 0.00711. The third kappa shape index (κ3) is 4.61. The van der Waals surface area contributed by atoms with Crippen LogP contribution in [-0.2, 0) is 16.1 Å². The van der Waals surface area contributed by atoms with Gasteiger partial charge in [0.15, 0.2) is 0 Å². The molecule has 1 atom stereocenters. The predicted molar refractivity (Wildman–Crippen MR) is 73.6 cm³/mol. The van der Waals surface area contributed by atoms with Crippen LogP contribution in [0.3, 0.4) is 0 Å². The summed E-state index contributed by atoms with van der Waals surface area (Å²) in [6.45, 7) is 1.76. The van der Waals surface area contributed by atoms with Gasteiger partial charge in [-0.1, -0.05) is 17.9 Å². The number of hydrogen-bond donors (Lipinski definition) is 1. The molecule has 1 saturated heterocycles. The normalized spacial score (nSPS) is 17.8. The highest BCUT2D eigenvalue weighted by Gasteiger charge is 2.15. The standard InChI is InChI=1S/C16H19FO3/c17-15-7-6-14(13(10-15)4-1-2-8-18)11-19-12-16-5-3-9-20-16/h6-7,10,16,18H,2-3,5,8-9,11-12H2. The highest BCUT2D eigenvalue weighted by Crippen LogP contribution is 2.15. The van der Waals surface area contributed by atoms with Crippen LogP contribution in [0.15, 0.2) is 18.2 Å². The molecule has 0 spiro atoms. The van der Waals surface area contributed by atoms with Crippen molar-refractivity contribution in [3.8, 4) is 11.8 Å². The molecule has 0 aromatic heterocycles. The maximum absolute atomic E-state index is 13.2. The molecular weight excluding hydrogens is 259 g/mol. The van der Waals surface area contributed by atoms with E-state index in [1.165, 1.54) is 12.1 Å². The number of rotatable bonds is 5. The Bertz CT molecular complexity index is 484. The number of aliphatic hydroxyl groups excluding tert-OH is 1. The monoisotopic (exact) mass is 278 g/mol. The van der Waals surface area contributed by atoms with Crippen molar-refractivity contribution in [3.63, 3.8) is 0 Å². The molecule has 1 fully saturated rings. The molecule has 0 amide bonds. The van der Waals surface area contributed by atoms with Gasteiger partial charge < -0.3 is 14.6 Å². The highest BCUT2D eigenvalue weighted by atomic mass is 19.1. The summed E-state index contributed by atoms with van der Waals surface area (Å²) in [7, 11) is 0. The van der Waals surface area contributed by atoms with Gasteiger partial charge >= 0.3 is 0 Å². The number of halogens is 1. The van der Waals surface area contributed by atoms with Crippen LogP contribution in [0, 0.1) is 17.7 Å². The van der Waals surface area contributed by atoms with E-state index in [4.69, 9.17) is 14.6 Å². The minimum atomic E-state index is -0.318. The maximum atomic E-state index is 13.2. The van der Waals surface area contributed by atoms with E-state index in [1.807, 2.05) is 0 Å². The van der Waals surface area contributed by atoms with Crippen molar-refractivity contribution in [2.45, 2.75) is 32.0 Å². The van der Waals surface area contributed by atoms with Crippen LogP contribution in [0.4, 0.5) is 4.39 Å². The molecule has 1 aliphatic rings. The van der Waals surface area contributed by atoms with Crippen LogP contribution in [0.25, 0.3) is 0 Å². The average molecular weight is 278 g/mol. The number of benzene rings is 1. The van der Waals surface area contributed by atoms with Gasteiger partial charge in [0.25, 0.3) is 0 Å². The fraction of sp³-hybridized carbons (Fsp3) is 0.500. The lowest BCUT2D eigenvalue weighted by molar-refractivity contribution is 0.0105. The lowest BCUT2D eigenvalue weighted by Gasteiger charge is -2.11. The molecular formula is C16H19FO3. The molecule has 2 rings (SSSR count). The van der Waals surface area contributed by atoms with E-state index >= 15 is 0 Å². The summed E-state index contributed by atoms with van der Waals surface area (Å²) < 4.78 is 24.4. The van der Waals surface area contributed by atoms with Crippen molar-refractivity contribution in [1.29, 1.82) is 0 Å². The quantitative estimate of drug-likeness (QED) is 0.840. The van der Waals surface area contributed by atoms with E-state index in [2.05, 4.69) is 11.8 Å². The molecule has 4 heteroatoms. The summed E-state index contributed by atoms with van der Waals surface area (Å²) in [5, 5.41) is 8.72. The van der Waals surface area contributed by atoms with E-state index in [0.717, 1.165) is 25.0 Å². The van der Waals surface area contributed by atoms with Crippen LogP contribution >= 0.6 is 0 Å². The van der Waals surface area contributed by atoms with Crippen LogP contribution in [-0.4, -0.2) is 31.0 Å². The summed E-state index contributed by atoms with van der Waals surface area (Å²) in [4.78, 5) is 0. The molecule has 0 aliphatic carbocycles. The largest absolute Gasteiger partial charge is 0.395 e. The smallest absolute Gasteiger partial charge is 0.124 e. The zero-order valence-electron chi connectivity index (χ0n) is 11.4. The second kappa shape index (κ2) is 8.01. The molecule has 108 valence electrons. The molecule has 1 unspecified atom stereocenters. The van der Waals surface area contributed by atoms with Crippen LogP contribution in [0.1, 0.15) is 30.4 Å². The van der Waals surface area contributed by atoms with Gasteiger partial charge in [0.1, 0.15) is 5.82 Å². The van der Waals surface area contributed by atoms with Crippen molar-refractivity contribution >= 4 is 0 Å². The van der Waals surface area contributed by atoms with Crippen molar-refractivity contribution in [3.05, 3.63) is 35.1 Å². The Kier molecular flexibility index (Phi) is 6.00. The Hall–Kier alpha value is -1.41. The zero-order valence-corrected chi connectivity index (χ0v) is 11.4. The van der Waals surface area contributed by atoms with Gasteiger partial charge in [0, 0.05) is 18.6 Å². The molecule has 20 heavy (non-hydrogen) atoms. The van der Waals surface area contributed by atoms with Crippen molar-refractivity contribution in [2.75, 3.05) is 19.8 Å². The number of hydrogen-bond acceptors (Lipinski definition) is 3. The molecule has 0 saturated carbocycles. The Labute approximate surface area is 118 Å². The van der Waals surface area contributed by atoms with Gasteiger partial charge in [-0.2, -0.15) is 0 Å². The predicted octanol–water partition coefficient (Wildman–Crippen LogP) is 2.26. The second-order valence-electron chi connectivity index (χ2n) is 4.73. The topological polar surface area (TPSA) is 38.7 Å². The molecule has 1 aromatic carbocycles. The van der Waals surface area contributed by atoms with E-state index in [9.17, 15) is 4.39 Å². The Morgan fingerprint density at radius 2 is 2.35 bits per heavy atom. The van der Waals surface area contributed by atoms with Gasteiger partial charge in [-0.05, 0) is 30.5 Å². The number of ether oxygens (including phenoxy) is 2. The Morgan fingerprint density at radius 3 is 3.10 bits per heavy atom. The van der Waals surface area contributed by atoms with E-state index in [0.29, 0.717) is 25.2 Å². The Balaban J connectivity index is 1.93. The fourth-order valence-electron chi connectivity index (χ4n) is 2.08. The van der Waals surface area contributed by atoms with Crippen LogP contribution in [0.2, 0.25) is 0 Å². The maximum Gasteiger partial charge on any atom is 0.124 e. The molecule has 0 bridgehead atoms. The SMILES string of the molecule is OCCC#Cc1cc(F)ccc1COCC1CCCO1. The Morgan fingerprint density at radius 1 is 1.45 bits per heavy atom. The first kappa shape index (κ1) is 15.0. The molecule has 1 heterocycles. The van der Waals surface area contributed by atoms with Crippen molar-refractivity contribution < 1.29 is 19.0 Å². The highest BCUT2D eigenvalue weighted by molar-refractivity contribution is 5.41. The summed E-state index contributed by atoms with van der Waals surface area (Å²) in [6.07, 6.45) is 2.68. The molecule has 0 radical (unpaired) electrons. The van der Waals surface area contributed by atoms with E-state index < -0.39 is 0 Å². The van der Waals surface area contributed by atoms with E-state index in [-0.39, 0.29) is 18.5 Å². The summed E-state index contributed by atoms with van der Waals surface area (Å²) in [5.41, 5.74) is 1.47. The summed E-state index contributed by atoms with van der Waals surface area (Å²) in [5.74, 6) is 5.36. The molecule has 1 aliphatic heterocycles. The van der Waals surface area contributed by atoms with Crippen LogP contribution in [0.5, 0.6) is 0 Å². The summed E-state index contributed by atoms with van der Waals surface area (Å²) >= 11 is 0. The number of aliphatic hydroxyl groups is 1. The van der Waals surface area contributed by atoms with Crippen LogP contribution < -0.4 is 0 Å². The van der Waals surface area contributed by atoms with Gasteiger partial charge in [-0.15, -0.1) is 0 Å². The third-order valence-electron chi connectivity index (χ3n) is 3.12. The first-order valence-corrected chi connectivity index (χ1v) is 6.87. The third-order valence-corrected chi connectivity index (χ3v) is 3.12. The van der Waals surface area contributed by atoms with Crippen molar-refractivity contribution in [2.24, 2.45) is 0 Å². The van der Waals surface area contributed by atoms with Crippen molar-refractivity contribution in [1.82, 2.24) is 0 Å². The first-order chi connectivity index (χ1) is 9.79. The lowest BCUT2D eigenvalue weighted by atomic mass is 10.1. The van der Waals surface area contributed by atoms with Gasteiger partial charge in [-0.3, -0.25) is 0 Å². The van der Waals surface area contributed by atoms with Gasteiger partial charge in [0.2, 0.25) is 0 Å². The fourth-order valence-corrected chi connectivity index (χ4v) is 2.08. The summed E-state index contributed by atoms with van der Waals surface area (Å²) in [6, 6.07) is 4.49. The lowest BCUT2D eigenvalue weighted by Crippen LogP contribution is -2.14. The molecule has 1 N–H and O–H groups in total. The molecule has 3 nitrogen and oxygen atoms in total. The minimum Gasteiger partial charge on any atom is -0.395 e. The van der Waals surface area contributed by atoms with Gasteiger partial charge in [0.05, 0.1) is 25.9 Å². The first-order valence-electron chi connectivity index (χ1n) is 6.87. The van der Waals surface area contributed by atoms with Gasteiger partial charge in [-0.25, -0.2) is 4.39 Å². The second-order valence-corrected chi connectivity index (χ2v) is 4.73. The van der Waals surface area contributed by atoms with E-state index in [1.54, 1.807) is 6.07 Å². The molecule has 1 aromatic rings. The zero-order chi connectivity index (χ0) is 14.2.